The van der Waals surface area contributed by atoms with Crippen molar-refractivity contribution in [3.05, 3.63) is 47.8 Å². The minimum Gasteiger partial charge on any atom is -0.348 e. The molecule has 2 heterocycles. The average Bonchev–Trinajstić information content (AvgIpc) is 3.21. The van der Waals surface area contributed by atoms with Crippen LogP contribution in [0.1, 0.15) is 49.2 Å². The first-order valence-electron chi connectivity index (χ1n) is 10.7. The van der Waals surface area contributed by atoms with Crippen LogP contribution >= 0.6 is 0 Å². The van der Waals surface area contributed by atoms with Crippen molar-refractivity contribution in [1.29, 1.82) is 0 Å². The Morgan fingerprint density at radius 2 is 1.66 bits per heavy atom. The molecule has 3 rings (SSSR count). The van der Waals surface area contributed by atoms with Crippen LogP contribution in [0.5, 0.6) is 0 Å². The van der Waals surface area contributed by atoms with E-state index in [-0.39, 0.29) is 11.9 Å². The van der Waals surface area contributed by atoms with Crippen molar-refractivity contribution in [2.75, 3.05) is 39.3 Å². The van der Waals surface area contributed by atoms with Gasteiger partial charge in [-0.3, -0.25) is 14.4 Å². The van der Waals surface area contributed by atoms with Gasteiger partial charge >= 0.3 is 0 Å². The van der Waals surface area contributed by atoms with Gasteiger partial charge in [-0.2, -0.15) is 0 Å². The highest BCUT2D eigenvalue weighted by Crippen LogP contribution is 2.19. The highest BCUT2D eigenvalue weighted by Gasteiger charge is 2.18. The van der Waals surface area contributed by atoms with E-state index in [1.807, 2.05) is 13.8 Å². The Hall–Kier alpha value is -2.25. The molecule has 0 spiro atoms. The minimum absolute atomic E-state index is 0.0969. The number of benzene rings is 1. The maximum absolute atomic E-state index is 12.0. The van der Waals surface area contributed by atoms with Gasteiger partial charge in [0.1, 0.15) is 0 Å². The summed E-state index contributed by atoms with van der Waals surface area (Å²) in [6, 6.07) is 10.9. The van der Waals surface area contributed by atoms with Gasteiger partial charge in [0.25, 0.3) is 5.91 Å². The molecular formula is C22H34N6O. The third kappa shape index (κ3) is 6.65. The van der Waals surface area contributed by atoms with Gasteiger partial charge in [-0.05, 0) is 38.3 Å². The number of rotatable bonds is 9. The first-order chi connectivity index (χ1) is 14.0. The molecule has 7 heteroatoms. The Bertz CT molecular complexity index is 752. The highest BCUT2D eigenvalue weighted by molar-refractivity contribution is 5.91. The summed E-state index contributed by atoms with van der Waals surface area (Å²) < 4.78 is 1.77. The van der Waals surface area contributed by atoms with Gasteiger partial charge in [0.2, 0.25) is 0 Å². The molecular weight excluding hydrogens is 364 g/mol. The maximum atomic E-state index is 12.0. The molecule has 0 aliphatic carbocycles. The van der Waals surface area contributed by atoms with E-state index < -0.39 is 0 Å². The predicted octanol–water partition coefficient (Wildman–Crippen LogP) is 2.23. The summed E-state index contributed by atoms with van der Waals surface area (Å²) in [6.07, 6.45) is 2.93. The van der Waals surface area contributed by atoms with Crippen molar-refractivity contribution in [2.45, 2.75) is 45.7 Å². The first kappa shape index (κ1) is 21.5. The maximum Gasteiger partial charge on any atom is 0.273 e. The van der Waals surface area contributed by atoms with Crippen LogP contribution in [0.25, 0.3) is 0 Å². The zero-order valence-electron chi connectivity index (χ0n) is 17.9. The summed E-state index contributed by atoms with van der Waals surface area (Å²) >= 11 is 0. The van der Waals surface area contributed by atoms with Crippen molar-refractivity contribution >= 4 is 5.91 Å². The Labute approximate surface area is 174 Å². The van der Waals surface area contributed by atoms with E-state index >= 15 is 0 Å². The number of hydrogen-bond donors (Lipinski definition) is 1. The second-order valence-electron chi connectivity index (χ2n) is 8.28. The smallest absolute Gasteiger partial charge is 0.273 e. The molecule has 0 bridgehead atoms. The predicted molar refractivity (Wildman–Crippen MR) is 115 cm³/mol. The number of nitrogens with zero attached hydrogens (tertiary/aromatic N) is 5. The Morgan fingerprint density at radius 1 is 1.00 bits per heavy atom. The number of hydrogen-bond acceptors (Lipinski definition) is 5. The molecule has 29 heavy (non-hydrogen) atoms. The Balaban J connectivity index is 1.35. The minimum atomic E-state index is -0.162. The fourth-order valence-corrected chi connectivity index (χ4v) is 3.65. The molecule has 0 radical (unpaired) electrons. The lowest BCUT2D eigenvalue weighted by Gasteiger charge is -2.35. The van der Waals surface area contributed by atoms with Crippen LogP contribution in [0.3, 0.4) is 0 Å². The lowest BCUT2D eigenvalue weighted by atomic mass is 9.97. The van der Waals surface area contributed by atoms with E-state index in [2.05, 4.69) is 62.7 Å². The number of piperazine rings is 1. The molecule has 1 aliphatic heterocycles. The third-order valence-corrected chi connectivity index (χ3v) is 5.55. The standard InChI is InChI=1S/C22H34N6O/c1-18(2)23-22(29)21-17-28(25-24-21)16-15-27-13-11-26(12-14-27)10-9-19(3)20-7-5-4-6-8-20/h4-8,17-19H,9-16H2,1-3H3,(H,23,29). The zero-order valence-corrected chi connectivity index (χ0v) is 17.9. The molecule has 0 saturated carbocycles. The van der Waals surface area contributed by atoms with Crippen LogP contribution in [-0.4, -0.2) is 76.0 Å². The fourth-order valence-electron chi connectivity index (χ4n) is 3.65. The normalized spacial score (nSPS) is 16.8. The molecule has 2 aromatic rings. The van der Waals surface area contributed by atoms with Crippen LogP contribution < -0.4 is 5.32 Å². The monoisotopic (exact) mass is 398 g/mol. The van der Waals surface area contributed by atoms with E-state index in [4.69, 9.17) is 0 Å². The summed E-state index contributed by atoms with van der Waals surface area (Å²) in [6.45, 7) is 13.4. The number of nitrogens with one attached hydrogen (secondary N) is 1. The largest absolute Gasteiger partial charge is 0.348 e. The van der Waals surface area contributed by atoms with Crippen molar-refractivity contribution in [1.82, 2.24) is 30.1 Å². The van der Waals surface area contributed by atoms with Crippen molar-refractivity contribution in [2.24, 2.45) is 0 Å². The van der Waals surface area contributed by atoms with Gasteiger partial charge in [0.15, 0.2) is 5.69 Å². The third-order valence-electron chi connectivity index (χ3n) is 5.55. The molecule has 1 aromatic heterocycles. The molecule has 1 amide bonds. The van der Waals surface area contributed by atoms with Crippen molar-refractivity contribution in [3.63, 3.8) is 0 Å². The van der Waals surface area contributed by atoms with E-state index in [1.54, 1.807) is 10.9 Å². The molecule has 1 fully saturated rings. The quantitative estimate of drug-likeness (QED) is 0.702. The van der Waals surface area contributed by atoms with Gasteiger partial charge in [-0.15, -0.1) is 5.10 Å². The molecule has 1 aliphatic rings. The number of carbonyl (C=O) groups excluding carboxylic acids is 1. The van der Waals surface area contributed by atoms with Crippen LogP contribution in [-0.2, 0) is 6.54 Å². The van der Waals surface area contributed by atoms with E-state index in [0.29, 0.717) is 11.6 Å². The molecule has 1 unspecified atom stereocenters. The molecule has 1 N–H and O–H groups in total. The van der Waals surface area contributed by atoms with E-state index in [9.17, 15) is 4.79 Å². The van der Waals surface area contributed by atoms with Gasteiger partial charge < -0.3 is 10.2 Å². The lowest BCUT2D eigenvalue weighted by molar-refractivity contribution is 0.0938. The topological polar surface area (TPSA) is 66.3 Å². The van der Waals surface area contributed by atoms with Crippen LogP contribution in [0.4, 0.5) is 0 Å². The summed E-state index contributed by atoms with van der Waals surface area (Å²) in [5.41, 5.74) is 1.82. The molecule has 1 atom stereocenters. The summed E-state index contributed by atoms with van der Waals surface area (Å²) in [5, 5.41) is 10.9. The average molecular weight is 399 g/mol. The second-order valence-corrected chi connectivity index (χ2v) is 8.28. The van der Waals surface area contributed by atoms with Crippen LogP contribution in [0, 0.1) is 0 Å². The SMILES string of the molecule is CC(C)NC(=O)c1cn(CCN2CCN(CCC(C)c3ccccc3)CC2)nn1. The number of amides is 1. The summed E-state index contributed by atoms with van der Waals surface area (Å²) in [7, 11) is 0. The van der Waals surface area contributed by atoms with Gasteiger partial charge in [-0.25, -0.2) is 0 Å². The molecule has 1 saturated heterocycles. The number of aromatic nitrogens is 3. The van der Waals surface area contributed by atoms with Crippen molar-refractivity contribution < 1.29 is 4.79 Å². The number of carbonyl (C=O) groups is 1. The van der Waals surface area contributed by atoms with Gasteiger partial charge in [0.05, 0.1) is 12.7 Å². The molecule has 7 nitrogen and oxygen atoms in total. The second kappa shape index (κ2) is 10.5. The van der Waals surface area contributed by atoms with Crippen LogP contribution in [0.15, 0.2) is 36.5 Å². The van der Waals surface area contributed by atoms with Crippen LogP contribution in [0.2, 0.25) is 0 Å². The first-order valence-corrected chi connectivity index (χ1v) is 10.7. The molecule has 1 aromatic carbocycles. The fraction of sp³-hybridized carbons (Fsp3) is 0.591. The summed E-state index contributed by atoms with van der Waals surface area (Å²) in [5.74, 6) is 0.438. The van der Waals surface area contributed by atoms with Gasteiger partial charge in [-0.1, -0.05) is 42.5 Å². The van der Waals surface area contributed by atoms with Crippen molar-refractivity contribution in [3.8, 4) is 0 Å². The van der Waals surface area contributed by atoms with E-state index in [1.165, 1.54) is 12.0 Å². The van der Waals surface area contributed by atoms with Gasteiger partial charge in [0, 0.05) is 38.8 Å². The Morgan fingerprint density at radius 3 is 2.31 bits per heavy atom. The highest BCUT2D eigenvalue weighted by atomic mass is 16.2. The lowest BCUT2D eigenvalue weighted by Crippen LogP contribution is -2.47. The Kier molecular flexibility index (Phi) is 7.77. The summed E-state index contributed by atoms with van der Waals surface area (Å²) in [4.78, 5) is 17.0. The molecule has 158 valence electrons. The van der Waals surface area contributed by atoms with E-state index in [0.717, 1.165) is 45.8 Å². The zero-order chi connectivity index (χ0) is 20.6.